The Morgan fingerprint density at radius 2 is 2.16 bits per heavy atom. The highest BCUT2D eigenvalue weighted by Gasteiger charge is 2.31. The van der Waals surface area contributed by atoms with Crippen LogP contribution < -0.4 is 14.4 Å². The van der Waals surface area contributed by atoms with Crippen molar-refractivity contribution in [3.05, 3.63) is 52.5 Å². The molecule has 5 nitrogen and oxygen atoms in total. The number of carbonyl (C=O) groups is 1. The summed E-state index contributed by atoms with van der Waals surface area (Å²) in [5, 5.41) is 9.23. The van der Waals surface area contributed by atoms with Gasteiger partial charge in [0.05, 0.1) is 23.8 Å². The minimum absolute atomic E-state index is 0.0758. The highest BCUT2D eigenvalue weighted by Crippen LogP contribution is 2.37. The summed E-state index contributed by atoms with van der Waals surface area (Å²) >= 11 is 6.16. The van der Waals surface area contributed by atoms with Crippen LogP contribution in [0.15, 0.2) is 36.4 Å². The van der Waals surface area contributed by atoms with Crippen molar-refractivity contribution in [1.29, 1.82) is 5.26 Å². The highest BCUT2D eigenvalue weighted by molar-refractivity contribution is 6.32. The summed E-state index contributed by atoms with van der Waals surface area (Å²) < 4.78 is 10.9. The van der Waals surface area contributed by atoms with Gasteiger partial charge >= 0.3 is 0 Å². The average molecular weight is 357 g/mol. The number of halogens is 1. The number of hydrogen-bond acceptors (Lipinski definition) is 4. The summed E-state index contributed by atoms with van der Waals surface area (Å²) in [4.78, 5) is 14.4. The number of carbonyl (C=O) groups excluding carboxylic acids is 1. The highest BCUT2D eigenvalue weighted by atomic mass is 35.5. The number of nitrogens with zero attached hydrogens (tertiary/aromatic N) is 2. The lowest BCUT2D eigenvalue weighted by Gasteiger charge is -2.23. The topological polar surface area (TPSA) is 62.6 Å². The van der Waals surface area contributed by atoms with Gasteiger partial charge in [-0.1, -0.05) is 29.8 Å². The summed E-state index contributed by atoms with van der Waals surface area (Å²) in [6, 6.07) is 12.9. The molecule has 0 aliphatic carbocycles. The van der Waals surface area contributed by atoms with Crippen molar-refractivity contribution in [1.82, 2.24) is 0 Å². The number of anilines is 1. The smallest absolute Gasteiger partial charge is 0.265 e. The van der Waals surface area contributed by atoms with Crippen molar-refractivity contribution >= 4 is 23.2 Å². The number of rotatable bonds is 4. The fourth-order valence-corrected chi connectivity index (χ4v) is 3.34. The molecule has 0 radical (unpaired) electrons. The second-order valence-corrected chi connectivity index (χ2v) is 6.24. The van der Waals surface area contributed by atoms with Gasteiger partial charge in [-0.15, -0.1) is 0 Å². The Labute approximate surface area is 151 Å². The van der Waals surface area contributed by atoms with Gasteiger partial charge in [-0.3, -0.25) is 4.79 Å². The van der Waals surface area contributed by atoms with Crippen molar-refractivity contribution in [3.63, 3.8) is 0 Å². The first-order chi connectivity index (χ1) is 12.0. The molecule has 2 aromatic rings. The van der Waals surface area contributed by atoms with Crippen LogP contribution in [0.2, 0.25) is 5.02 Å². The third-order valence-electron chi connectivity index (χ3n) is 4.17. The minimum atomic E-state index is -0.166. The average Bonchev–Trinajstić information content (AvgIpc) is 2.95. The number of amides is 1. The molecule has 25 heavy (non-hydrogen) atoms. The van der Waals surface area contributed by atoms with Gasteiger partial charge in [-0.05, 0) is 31.0 Å². The molecule has 0 N–H and O–H groups in total. The predicted octanol–water partition coefficient (Wildman–Crippen LogP) is 3.58. The largest absolute Gasteiger partial charge is 0.493 e. The Morgan fingerprint density at radius 1 is 1.40 bits per heavy atom. The van der Waals surface area contributed by atoms with Crippen LogP contribution in [0.3, 0.4) is 0 Å². The fourth-order valence-electron chi connectivity index (χ4n) is 3.07. The van der Waals surface area contributed by atoms with Crippen LogP contribution in [0.4, 0.5) is 5.69 Å². The first-order valence-corrected chi connectivity index (χ1v) is 8.23. The molecule has 6 heteroatoms. The Kier molecular flexibility index (Phi) is 4.82. The zero-order valence-corrected chi connectivity index (χ0v) is 14.7. The summed E-state index contributed by atoms with van der Waals surface area (Å²) in [7, 11) is 1.46. The van der Waals surface area contributed by atoms with E-state index in [4.69, 9.17) is 26.3 Å². The van der Waals surface area contributed by atoms with Gasteiger partial charge in [0.25, 0.3) is 5.91 Å². The van der Waals surface area contributed by atoms with E-state index < -0.39 is 0 Å². The van der Waals surface area contributed by atoms with Crippen molar-refractivity contribution < 1.29 is 14.3 Å². The molecule has 1 aliphatic heterocycles. The van der Waals surface area contributed by atoms with E-state index in [-0.39, 0.29) is 29.3 Å². The maximum Gasteiger partial charge on any atom is 0.265 e. The number of fused-ring (bicyclic) bond motifs is 1. The molecular formula is C19H17ClN2O3. The van der Waals surface area contributed by atoms with Gasteiger partial charge in [0.1, 0.15) is 0 Å². The molecule has 0 spiro atoms. The van der Waals surface area contributed by atoms with Crippen LogP contribution in [0.5, 0.6) is 11.5 Å². The standard InChI is InChI=1S/C19H17ClN2O3/c1-12-7-14-5-3-4-6-16(14)22(12)18(23)11-25-19-15(20)8-13(10-21)9-17(19)24-2/h3-6,8-9,12H,7,11H2,1-2H3/t12-/m1/s1. The molecule has 0 saturated carbocycles. The third kappa shape index (κ3) is 3.26. The number of ether oxygens (including phenoxy) is 2. The van der Waals surface area contributed by atoms with E-state index in [9.17, 15) is 4.79 Å². The number of methoxy groups -OCH3 is 1. The second-order valence-electron chi connectivity index (χ2n) is 5.84. The molecule has 1 atom stereocenters. The van der Waals surface area contributed by atoms with Crippen LogP contribution in [0.25, 0.3) is 0 Å². The van der Waals surface area contributed by atoms with E-state index in [1.807, 2.05) is 37.3 Å². The molecule has 1 amide bonds. The molecule has 2 aromatic carbocycles. The molecule has 0 fully saturated rings. The third-order valence-corrected chi connectivity index (χ3v) is 4.46. The Morgan fingerprint density at radius 3 is 2.88 bits per heavy atom. The molecule has 1 heterocycles. The van der Waals surface area contributed by atoms with Gasteiger partial charge in [0, 0.05) is 17.8 Å². The summed E-state index contributed by atoms with van der Waals surface area (Å²) in [5.74, 6) is 0.434. The molecule has 1 aliphatic rings. The van der Waals surface area contributed by atoms with E-state index in [0.29, 0.717) is 11.3 Å². The number of nitriles is 1. The number of benzene rings is 2. The minimum Gasteiger partial charge on any atom is -0.493 e. The van der Waals surface area contributed by atoms with Gasteiger partial charge in [-0.25, -0.2) is 0 Å². The van der Waals surface area contributed by atoms with Crippen LogP contribution in [-0.4, -0.2) is 25.7 Å². The molecule has 128 valence electrons. The Bertz CT molecular complexity index is 860. The lowest BCUT2D eigenvalue weighted by molar-refractivity contribution is -0.120. The quantitative estimate of drug-likeness (QED) is 0.840. The fraction of sp³-hybridized carbons (Fsp3) is 0.263. The maximum atomic E-state index is 12.7. The van der Waals surface area contributed by atoms with E-state index in [2.05, 4.69) is 0 Å². The lowest BCUT2D eigenvalue weighted by atomic mass is 10.1. The maximum absolute atomic E-state index is 12.7. The molecule has 0 saturated heterocycles. The second kappa shape index (κ2) is 7.04. The zero-order valence-electron chi connectivity index (χ0n) is 14.0. The Balaban J connectivity index is 1.79. The van der Waals surface area contributed by atoms with Crippen LogP contribution >= 0.6 is 11.6 Å². The zero-order chi connectivity index (χ0) is 18.0. The van der Waals surface area contributed by atoms with E-state index in [1.165, 1.54) is 19.2 Å². The number of para-hydroxylation sites is 1. The van der Waals surface area contributed by atoms with Crippen molar-refractivity contribution in [3.8, 4) is 17.6 Å². The van der Waals surface area contributed by atoms with Crippen LogP contribution in [0, 0.1) is 11.3 Å². The molecule has 0 bridgehead atoms. The van der Waals surface area contributed by atoms with E-state index in [1.54, 1.807) is 4.90 Å². The molecular weight excluding hydrogens is 340 g/mol. The van der Waals surface area contributed by atoms with Crippen molar-refractivity contribution in [2.24, 2.45) is 0 Å². The first-order valence-electron chi connectivity index (χ1n) is 7.85. The van der Waals surface area contributed by atoms with Gasteiger partial charge in [-0.2, -0.15) is 5.26 Å². The van der Waals surface area contributed by atoms with Crippen LogP contribution in [-0.2, 0) is 11.2 Å². The molecule has 3 rings (SSSR count). The molecule has 0 aromatic heterocycles. The summed E-state index contributed by atoms with van der Waals surface area (Å²) in [6.45, 7) is 1.84. The molecule has 0 unspecified atom stereocenters. The van der Waals surface area contributed by atoms with Gasteiger partial charge < -0.3 is 14.4 Å². The normalized spacial score (nSPS) is 15.4. The summed E-state index contributed by atoms with van der Waals surface area (Å²) in [5.41, 5.74) is 2.43. The van der Waals surface area contributed by atoms with Gasteiger partial charge in [0.2, 0.25) is 0 Å². The van der Waals surface area contributed by atoms with Crippen molar-refractivity contribution in [2.75, 3.05) is 18.6 Å². The van der Waals surface area contributed by atoms with Gasteiger partial charge in [0.15, 0.2) is 18.1 Å². The van der Waals surface area contributed by atoms with E-state index >= 15 is 0 Å². The lowest BCUT2D eigenvalue weighted by Crippen LogP contribution is -2.39. The van der Waals surface area contributed by atoms with E-state index in [0.717, 1.165) is 17.7 Å². The predicted molar refractivity (Wildman–Crippen MR) is 95.3 cm³/mol. The van der Waals surface area contributed by atoms with Crippen LogP contribution in [0.1, 0.15) is 18.1 Å². The number of hydrogen-bond donors (Lipinski definition) is 0. The van der Waals surface area contributed by atoms with Crippen molar-refractivity contribution in [2.45, 2.75) is 19.4 Å². The Hall–Kier alpha value is -2.71. The SMILES string of the molecule is COc1cc(C#N)cc(Cl)c1OCC(=O)N1c2ccccc2C[C@H]1C. The first kappa shape index (κ1) is 17.1. The summed E-state index contributed by atoms with van der Waals surface area (Å²) in [6.07, 6.45) is 0.822. The monoisotopic (exact) mass is 356 g/mol.